The van der Waals surface area contributed by atoms with Gasteiger partial charge in [0.15, 0.2) is 0 Å². The highest BCUT2D eigenvalue weighted by Gasteiger charge is 2.34. The van der Waals surface area contributed by atoms with Gasteiger partial charge in [0.2, 0.25) is 0 Å². The van der Waals surface area contributed by atoms with E-state index in [0.29, 0.717) is 11.8 Å². The zero-order chi connectivity index (χ0) is 14.4. The lowest BCUT2D eigenvalue weighted by Gasteiger charge is -2.42. The molecule has 0 aliphatic carbocycles. The summed E-state index contributed by atoms with van der Waals surface area (Å²) in [5.74, 6) is 1.09. The van der Waals surface area contributed by atoms with Crippen LogP contribution in [0.3, 0.4) is 0 Å². The van der Waals surface area contributed by atoms with Crippen molar-refractivity contribution < 1.29 is 0 Å². The van der Waals surface area contributed by atoms with Crippen LogP contribution in [0.5, 0.6) is 0 Å². The Bertz CT molecular complexity index is 720. The quantitative estimate of drug-likeness (QED) is 0.854. The first kappa shape index (κ1) is 13.2. The predicted octanol–water partition coefficient (Wildman–Crippen LogP) is 2.23. The zero-order valence-electron chi connectivity index (χ0n) is 12.2. The molecule has 2 aromatic heterocycles. The number of aromatic nitrogens is 2. The lowest BCUT2D eigenvalue weighted by atomic mass is 9.83. The molecule has 0 spiro atoms. The standard InChI is InChI=1S/C16H19N3OS/c1-11-17-14(10-21-11)9-18-6-12-5-13(8-18)15-3-2-4-16(20)19(15)7-12/h2-4,10,12-13H,5-9H2,1H3. The van der Waals surface area contributed by atoms with E-state index in [1.807, 2.05) is 10.6 Å². The Labute approximate surface area is 128 Å². The number of piperidine rings is 1. The first-order valence-corrected chi connectivity index (χ1v) is 8.40. The van der Waals surface area contributed by atoms with E-state index >= 15 is 0 Å². The van der Waals surface area contributed by atoms with Crippen LogP contribution in [0.1, 0.15) is 28.7 Å². The summed E-state index contributed by atoms with van der Waals surface area (Å²) < 4.78 is 1.99. The molecule has 2 bridgehead atoms. The highest BCUT2D eigenvalue weighted by atomic mass is 32.1. The number of likely N-dealkylation sites (tertiary alicyclic amines) is 1. The zero-order valence-corrected chi connectivity index (χ0v) is 13.0. The van der Waals surface area contributed by atoms with Crippen LogP contribution in [-0.2, 0) is 13.1 Å². The largest absolute Gasteiger partial charge is 0.312 e. The fourth-order valence-corrected chi connectivity index (χ4v) is 4.44. The van der Waals surface area contributed by atoms with E-state index < -0.39 is 0 Å². The van der Waals surface area contributed by atoms with Crippen LogP contribution in [0.15, 0.2) is 28.4 Å². The number of rotatable bonds is 2. The van der Waals surface area contributed by atoms with Crippen LogP contribution < -0.4 is 5.56 Å². The molecule has 110 valence electrons. The minimum absolute atomic E-state index is 0.158. The van der Waals surface area contributed by atoms with Crippen LogP contribution in [0.4, 0.5) is 0 Å². The molecule has 1 fully saturated rings. The lowest BCUT2D eigenvalue weighted by Crippen LogP contribution is -2.46. The Hall–Kier alpha value is -1.46. The summed E-state index contributed by atoms with van der Waals surface area (Å²) in [5.41, 5.74) is 2.56. The SMILES string of the molecule is Cc1nc(CN2CC3CC(C2)c2cccc(=O)n2C3)cs1. The summed E-state index contributed by atoms with van der Waals surface area (Å²) in [4.78, 5) is 19.1. The van der Waals surface area contributed by atoms with Gasteiger partial charge in [-0.3, -0.25) is 9.69 Å². The number of thiazole rings is 1. The molecule has 2 unspecified atom stereocenters. The lowest BCUT2D eigenvalue weighted by molar-refractivity contribution is 0.113. The number of hydrogen-bond donors (Lipinski definition) is 0. The molecular weight excluding hydrogens is 282 g/mol. The number of hydrogen-bond acceptors (Lipinski definition) is 4. The number of fused-ring (bicyclic) bond motifs is 4. The van der Waals surface area contributed by atoms with Gasteiger partial charge in [0.1, 0.15) is 0 Å². The summed E-state index contributed by atoms with van der Waals surface area (Å²) >= 11 is 1.72. The molecule has 0 saturated carbocycles. The van der Waals surface area contributed by atoms with E-state index in [-0.39, 0.29) is 5.56 Å². The van der Waals surface area contributed by atoms with Crippen molar-refractivity contribution in [2.24, 2.45) is 5.92 Å². The maximum Gasteiger partial charge on any atom is 0.250 e. The normalized spacial score (nSPS) is 24.8. The monoisotopic (exact) mass is 301 g/mol. The predicted molar refractivity (Wildman–Crippen MR) is 83.7 cm³/mol. The average molecular weight is 301 g/mol. The van der Waals surface area contributed by atoms with E-state index in [1.165, 1.54) is 17.8 Å². The summed E-state index contributed by atoms with van der Waals surface area (Å²) in [5, 5.41) is 3.30. The average Bonchev–Trinajstić information content (AvgIpc) is 2.85. The van der Waals surface area contributed by atoms with E-state index in [9.17, 15) is 4.79 Å². The summed E-state index contributed by atoms with van der Waals surface area (Å²) in [7, 11) is 0. The van der Waals surface area contributed by atoms with Crippen LogP contribution >= 0.6 is 11.3 Å². The molecule has 2 aliphatic rings. The molecule has 5 heteroatoms. The molecule has 4 heterocycles. The minimum Gasteiger partial charge on any atom is -0.312 e. The van der Waals surface area contributed by atoms with Gasteiger partial charge in [-0.25, -0.2) is 4.98 Å². The van der Waals surface area contributed by atoms with Crippen molar-refractivity contribution in [3.63, 3.8) is 0 Å². The first-order chi connectivity index (χ1) is 10.2. The van der Waals surface area contributed by atoms with Gasteiger partial charge in [0.25, 0.3) is 5.56 Å². The molecule has 4 rings (SSSR count). The third kappa shape index (κ3) is 2.45. The molecule has 4 nitrogen and oxygen atoms in total. The van der Waals surface area contributed by atoms with Crippen molar-refractivity contribution in [2.75, 3.05) is 13.1 Å². The Kier molecular flexibility index (Phi) is 3.19. The molecule has 2 aliphatic heterocycles. The molecule has 2 atom stereocenters. The van der Waals surface area contributed by atoms with Crippen LogP contribution in [0, 0.1) is 12.8 Å². The second-order valence-corrected chi connectivity index (χ2v) is 7.31. The van der Waals surface area contributed by atoms with E-state index in [0.717, 1.165) is 31.2 Å². The third-order valence-electron chi connectivity index (χ3n) is 4.61. The molecular formula is C16H19N3OS. The number of aryl methyl sites for hydroxylation is 1. The second kappa shape index (κ2) is 5.07. The summed E-state index contributed by atoms with van der Waals surface area (Å²) in [6, 6.07) is 5.70. The minimum atomic E-state index is 0.158. The van der Waals surface area contributed by atoms with Crippen molar-refractivity contribution in [3.05, 3.63) is 50.3 Å². The van der Waals surface area contributed by atoms with Crippen molar-refractivity contribution in [1.82, 2.24) is 14.5 Å². The fourth-order valence-electron chi connectivity index (χ4n) is 3.83. The van der Waals surface area contributed by atoms with Crippen molar-refractivity contribution in [1.29, 1.82) is 0 Å². The molecule has 2 aromatic rings. The Balaban J connectivity index is 1.58. The molecule has 0 amide bonds. The van der Waals surface area contributed by atoms with Crippen molar-refractivity contribution in [3.8, 4) is 0 Å². The second-order valence-electron chi connectivity index (χ2n) is 6.25. The first-order valence-electron chi connectivity index (χ1n) is 7.52. The third-order valence-corrected chi connectivity index (χ3v) is 5.43. The highest BCUT2D eigenvalue weighted by Crippen LogP contribution is 2.35. The topological polar surface area (TPSA) is 38.1 Å². The van der Waals surface area contributed by atoms with Gasteiger partial charge in [-0.15, -0.1) is 11.3 Å². The van der Waals surface area contributed by atoms with Crippen molar-refractivity contribution in [2.45, 2.75) is 32.4 Å². The smallest absolute Gasteiger partial charge is 0.250 e. The van der Waals surface area contributed by atoms with Gasteiger partial charge in [-0.05, 0) is 25.3 Å². The molecule has 0 N–H and O–H groups in total. The maximum absolute atomic E-state index is 12.0. The summed E-state index contributed by atoms with van der Waals surface area (Å²) in [6.07, 6.45) is 1.22. The fraction of sp³-hybridized carbons (Fsp3) is 0.500. The van der Waals surface area contributed by atoms with E-state index in [1.54, 1.807) is 17.4 Å². The Morgan fingerprint density at radius 2 is 2.24 bits per heavy atom. The van der Waals surface area contributed by atoms with Gasteiger partial charge in [-0.1, -0.05) is 6.07 Å². The highest BCUT2D eigenvalue weighted by molar-refractivity contribution is 7.09. The van der Waals surface area contributed by atoms with Gasteiger partial charge in [0.05, 0.1) is 10.7 Å². The van der Waals surface area contributed by atoms with Crippen LogP contribution in [0.2, 0.25) is 0 Å². The van der Waals surface area contributed by atoms with E-state index in [4.69, 9.17) is 0 Å². The molecule has 0 radical (unpaired) electrons. The van der Waals surface area contributed by atoms with Crippen LogP contribution in [-0.4, -0.2) is 27.5 Å². The number of pyridine rings is 1. The summed E-state index contributed by atoms with van der Waals surface area (Å²) in [6.45, 7) is 5.98. The Morgan fingerprint density at radius 3 is 3.05 bits per heavy atom. The van der Waals surface area contributed by atoms with Gasteiger partial charge in [0, 0.05) is 49.2 Å². The van der Waals surface area contributed by atoms with Gasteiger partial charge < -0.3 is 4.57 Å². The van der Waals surface area contributed by atoms with Gasteiger partial charge in [-0.2, -0.15) is 0 Å². The molecule has 0 aromatic carbocycles. The van der Waals surface area contributed by atoms with Gasteiger partial charge >= 0.3 is 0 Å². The van der Waals surface area contributed by atoms with Crippen LogP contribution in [0.25, 0.3) is 0 Å². The molecule has 1 saturated heterocycles. The Morgan fingerprint density at radius 1 is 1.33 bits per heavy atom. The van der Waals surface area contributed by atoms with E-state index in [2.05, 4.69) is 28.3 Å². The maximum atomic E-state index is 12.0. The van der Waals surface area contributed by atoms with Crippen molar-refractivity contribution >= 4 is 11.3 Å². The molecule has 21 heavy (non-hydrogen) atoms. The number of nitrogens with zero attached hydrogens (tertiary/aromatic N) is 3.